The number of carbonyl (C=O) groups excluding carboxylic acids is 1. The topological polar surface area (TPSA) is 174 Å². The van der Waals surface area contributed by atoms with Crippen molar-refractivity contribution < 1.29 is 41.8 Å². The van der Waals surface area contributed by atoms with Crippen LogP contribution < -0.4 is 16.0 Å². The van der Waals surface area contributed by atoms with E-state index in [9.17, 15) is 18.6 Å². The maximum absolute atomic E-state index is 11.9. The normalized spacial score (nSPS) is 14.8. The molecular formula is C32H48CaO11S. The van der Waals surface area contributed by atoms with Crippen molar-refractivity contribution in [3.8, 4) is 11.5 Å². The molecule has 3 rings (SSSR count). The summed E-state index contributed by atoms with van der Waals surface area (Å²) in [5.74, 6) is 1.64. The predicted molar refractivity (Wildman–Crippen MR) is 177 cm³/mol. The number of aryl methyl sites for hydroxylation is 2. The molecule has 2 unspecified atom stereocenters. The first-order valence-corrected chi connectivity index (χ1v) is 19.5. The van der Waals surface area contributed by atoms with E-state index in [0.29, 0.717) is 22.8 Å². The van der Waals surface area contributed by atoms with Gasteiger partial charge in [-0.2, -0.15) is 0 Å². The summed E-state index contributed by atoms with van der Waals surface area (Å²) in [6.45, 7) is 12.0. The van der Waals surface area contributed by atoms with Gasteiger partial charge in [0.25, 0.3) is 0 Å². The van der Waals surface area contributed by atoms with Gasteiger partial charge in [0.1, 0.15) is 41.0 Å². The van der Waals surface area contributed by atoms with Gasteiger partial charge in [-0.25, -0.2) is 9.59 Å². The van der Waals surface area contributed by atoms with Gasteiger partial charge in [0.05, 0.1) is 6.07 Å². The van der Waals surface area contributed by atoms with Crippen LogP contribution >= 0.6 is 0 Å². The Balaban J connectivity index is 0.000000634. The van der Waals surface area contributed by atoms with Crippen LogP contribution in [0.4, 0.5) is 0 Å². The van der Waals surface area contributed by atoms with Crippen LogP contribution in [0.15, 0.2) is 53.8 Å². The number of carbonyl (C=O) groups is 1. The second kappa shape index (κ2) is 24.2. The number of unbranched alkanes of at least 4 members (excludes halogenated alkanes) is 3. The predicted octanol–water partition coefficient (Wildman–Crippen LogP) is 7.07. The molecule has 250 valence electrons. The molecule has 2 aromatic rings. The van der Waals surface area contributed by atoms with Gasteiger partial charge < -0.3 is 18.7 Å². The number of aromatic hydroxyl groups is 1. The maximum atomic E-state index is 11.9. The fourth-order valence-electron chi connectivity index (χ4n) is 4.06. The van der Waals surface area contributed by atoms with E-state index in [1.54, 1.807) is 13.8 Å². The molecular weight excluding hydrogens is 632 g/mol. The Morgan fingerprint density at radius 2 is 1.62 bits per heavy atom. The molecule has 3 N–H and O–H groups in total. The zero-order valence-corrected chi connectivity index (χ0v) is 30.4. The molecule has 0 aliphatic carbocycles. The van der Waals surface area contributed by atoms with E-state index in [2.05, 4.69) is 42.5 Å². The van der Waals surface area contributed by atoms with Crippen molar-refractivity contribution in [1.29, 1.82) is 0 Å². The molecule has 0 saturated carbocycles. The van der Waals surface area contributed by atoms with Crippen LogP contribution in [0.2, 0.25) is 0 Å². The Hall–Kier alpha value is -2.06. The second-order valence-electron chi connectivity index (χ2n) is 10.3. The van der Waals surface area contributed by atoms with Crippen LogP contribution in [0.25, 0.3) is 6.08 Å². The van der Waals surface area contributed by atoms with Gasteiger partial charge in [-0.1, -0.05) is 65.9 Å². The second-order valence-corrected chi connectivity index (χ2v) is 15.1. The first-order valence-electron chi connectivity index (χ1n) is 15.1. The molecule has 0 radical (unpaired) electrons. The molecule has 0 amide bonds. The summed E-state index contributed by atoms with van der Waals surface area (Å²) in [6.07, 6.45) is 16.0. The van der Waals surface area contributed by atoms with Crippen LogP contribution in [0.1, 0.15) is 109 Å². The molecule has 2 atom stereocenters. The number of rotatable bonds is 12. The van der Waals surface area contributed by atoms with Gasteiger partial charge in [-0.15, -0.1) is 0 Å². The molecule has 45 heavy (non-hydrogen) atoms. The van der Waals surface area contributed by atoms with Crippen LogP contribution in [0, 0.1) is 13.8 Å². The summed E-state index contributed by atoms with van der Waals surface area (Å²) in [5.41, 5.74) is 1.95. The molecule has 0 aromatic carbocycles. The average Bonchev–Trinajstić information content (AvgIpc) is 2.96. The van der Waals surface area contributed by atoms with Crippen LogP contribution in [-0.4, -0.2) is 64.8 Å². The van der Waals surface area contributed by atoms with Crippen molar-refractivity contribution in [3.63, 3.8) is 0 Å². The third-order valence-electron chi connectivity index (χ3n) is 6.09. The molecule has 1 aliphatic rings. The van der Waals surface area contributed by atoms with E-state index in [-0.39, 0.29) is 50.8 Å². The van der Waals surface area contributed by atoms with E-state index in [4.69, 9.17) is 24.1 Å². The summed E-state index contributed by atoms with van der Waals surface area (Å²) < 4.78 is 33.2. The molecule has 0 spiro atoms. The molecule has 3 heterocycles. The quantitative estimate of drug-likeness (QED) is 0.0522. The van der Waals surface area contributed by atoms with Gasteiger partial charge in [-0.3, -0.25) is 4.79 Å². The number of ether oxygens (including phenoxy) is 1. The van der Waals surface area contributed by atoms with Gasteiger partial charge in [-0.05, 0) is 63.2 Å². The van der Waals surface area contributed by atoms with Gasteiger partial charge >= 0.3 is 67.4 Å². The first kappa shape index (κ1) is 42.9. The Kier molecular flexibility index (Phi) is 23.1. The Morgan fingerprint density at radius 3 is 2.11 bits per heavy atom. The molecule has 2 aromatic heterocycles. The summed E-state index contributed by atoms with van der Waals surface area (Å²) in [5, 5.41) is 16.1. The molecule has 11 nitrogen and oxygen atoms in total. The third-order valence-corrected chi connectivity index (χ3v) is 6.82. The molecule has 13 heteroatoms. The number of hydrogen-bond acceptors (Lipinski definition) is 10. The van der Waals surface area contributed by atoms with Crippen LogP contribution in [-0.2, 0) is 13.6 Å². The minimum absolute atomic E-state index is 0.0312. The number of fused-ring (bicyclic) bond motifs is 1. The Morgan fingerprint density at radius 1 is 1.00 bits per heavy atom. The summed E-state index contributed by atoms with van der Waals surface area (Å²) in [4.78, 5) is 32.7. The first-order chi connectivity index (χ1) is 21.2. The van der Waals surface area contributed by atoms with E-state index >= 15 is 0 Å². The van der Waals surface area contributed by atoms with E-state index < -0.39 is 10.1 Å². The van der Waals surface area contributed by atoms with E-state index in [1.165, 1.54) is 24.5 Å². The van der Waals surface area contributed by atoms with Crippen molar-refractivity contribution in [2.24, 2.45) is 0 Å². The number of allylic oxidation sites excluding steroid dienone is 2. The van der Waals surface area contributed by atoms with E-state index in [0.717, 1.165) is 69.3 Å². The molecule has 1 aliphatic heterocycles. The van der Waals surface area contributed by atoms with Crippen LogP contribution in [0.5, 0.6) is 11.5 Å². The van der Waals surface area contributed by atoms with Crippen LogP contribution in [0.3, 0.4) is 0 Å². The fourth-order valence-corrected chi connectivity index (χ4v) is 4.06. The molecule has 0 fully saturated rings. The van der Waals surface area contributed by atoms with Gasteiger partial charge in [0.2, 0.25) is 0 Å². The van der Waals surface area contributed by atoms with Gasteiger partial charge in [0.15, 0.2) is 0 Å². The fraction of sp³-hybridized carbons (Fsp3) is 0.531. The zero-order valence-electron chi connectivity index (χ0n) is 27.3. The minimum atomic E-state index is -3.23. The van der Waals surface area contributed by atoms with Crippen molar-refractivity contribution in [3.05, 3.63) is 73.3 Å². The SMILES string of the molecule is CCCC/C=C(/C=O)CCC.CCCCC1Oc2cc(C)oc(=O)c2C=C1CCC.Cc1cc(O)cc(=O)o1.O=[S](O)(=[Ca])OO. The summed E-state index contributed by atoms with van der Waals surface area (Å²) in [6, 6.07) is 4.21. The third kappa shape index (κ3) is 19.9. The van der Waals surface area contributed by atoms with Gasteiger partial charge in [0, 0.05) is 12.1 Å². The number of aldehydes is 1. The van der Waals surface area contributed by atoms with Crippen molar-refractivity contribution >= 4 is 50.2 Å². The summed E-state index contributed by atoms with van der Waals surface area (Å²) >= 11 is 0.0312. The Labute approximate surface area is 286 Å². The molecule has 0 bridgehead atoms. The summed E-state index contributed by atoms with van der Waals surface area (Å²) in [7, 11) is 0. The Bertz CT molecular complexity index is 1420. The zero-order chi connectivity index (χ0) is 34.4. The van der Waals surface area contributed by atoms with Crippen molar-refractivity contribution in [2.75, 3.05) is 0 Å². The standard InChI is InChI=1S/C16H22O3.C10H18O.C6H6O3.Ca.H2O4S/c1-4-6-8-14-12(7-5-2)10-13-15(19-14)9-11(3)18-16(13)17;1-3-5-6-8-10(9-11)7-4-2;1-4-2-5(7)3-6(8)9-4;;1-4-5(2)3/h9-10,14H,4-8H2,1-3H3;8-9H,3-7H2,1-2H3;2-3,7H,1H3;;1H,(H,2,3)/b;10-8+;;;. The average molecular weight is 681 g/mol. The van der Waals surface area contributed by atoms with Crippen molar-refractivity contribution in [2.45, 2.75) is 112 Å². The number of hydrogen-bond donors (Lipinski definition) is 3. The molecule has 0 saturated heterocycles. The van der Waals surface area contributed by atoms with Crippen molar-refractivity contribution in [1.82, 2.24) is 0 Å². The monoisotopic (exact) mass is 680 g/mol. The van der Waals surface area contributed by atoms with E-state index in [1.807, 2.05) is 12.1 Å².